The monoisotopic (exact) mass is 245 g/mol. The van der Waals surface area contributed by atoms with Gasteiger partial charge in [-0.3, -0.25) is 9.67 Å². The molecule has 0 spiro atoms. The van der Waals surface area contributed by atoms with Crippen LogP contribution in [0.1, 0.15) is 19.0 Å². The number of hydrogen-bond acceptors (Lipinski definition) is 4. The third kappa shape index (κ3) is 3.00. The molecule has 0 aliphatic rings. The molecule has 0 aromatic carbocycles. The highest BCUT2D eigenvalue weighted by atomic mass is 15.3. The second-order valence-electron chi connectivity index (χ2n) is 4.32. The Morgan fingerprint density at radius 3 is 2.72 bits per heavy atom. The molecule has 96 valence electrons. The third-order valence-electron chi connectivity index (χ3n) is 2.61. The van der Waals surface area contributed by atoms with Crippen molar-refractivity contribution in [3.63, 3.8) is 0 Å². The number of nitrogens with zero attached hydrogens (tertiary/aromatic N) is 3. The van der Waals surface area contributed by atoms with Crippen LogP contribution < -0.4 is 10.6 Å². The summed E-state index contributed by atoms with van der Waals surface area (Å²) in [5, 5.41) is 10.9. The van der Waals surface area contributed by atoms with E-state index in [9.17, 15) is 0 Å². The molecule has 18 heavy (non-hydrogen) atoms. The van der Waals surface area contributed by atoms with E-state index in [4.69, 9.17) is 0 Å². The summed E-state index contributed by atoms with van der Waals surface area (Å²) < 4.78 is 1.80. The highest BCUT2D eigenvalue weighted by Gasteiger charge is 2.03. The fourth-order valence-electron chi connectivity index (χ4n) is 1.75. The molecule has 0 fully saturated rings. The molecule has 2 rings (SSSR count). The zero-order chi connectivity index (χ0) is 13.0. The van der Waals surface area contributed by atoms with E-state index in [1.807, 2.05) is 32.6 Å². The standard InChI is InChI=1S/C13H19N5/c1-4-5-15-11-6-12(8-14-7-11)16-13-9-18(3)17-10(13)2/h6-9,15-16H,4-5H2,1-3H3. The lowest BCUT2D eigenvalue weighted by atomic mass is 10.3. The molecule has 5 nitrogen and oxygen atoms in total. The van der Waals surface area contributed by atoms with Gasteiger partial charge >= 0.3 is 0 Å². The average Bonchev–Trinajstić information content (AvgIpc) is 2.66. The van der Waals surface area contributed by atoms with Gasteiger partial charge in [-0.2, -0.15) is 5.10 Å². The molecule has 0 aliphatic carbocycles. The van der Waals surface area contributed by atoms with Crippen LogP contribution in [0.15, 0.2) is 24.7 Å². The Hall–Kier alpha value is -2.04. The van der Waals surface area contributed by atoms with Crippen LogP contribution in [-0.4, -0.2) is 21.3 Å². The van der Waals surface area contributed by atoms with Crippen molar-refractivity contribution in [3.8, 4) is 0 Å². The number of pyridine rings is 1. The van der Waals surface area contributed by atoms with E-state index in [0.717, 1.165) is 35.7 Å². The van der Waals surface area contributed by atoms with E-state index >= 15 is 0 Å². The Bertz CT molecular complexity index is 518. The molecule has 0 saturated carbocycles. The lowest BCUT2D eigenvalue weighted by Gasteiger charge is -2.08. The Balaban J connectivity index is 2.11. The Labute approximate surface area is 107 Å². The van der Waals surface area contributed by atoms with Crippen molar-refractivity contribution in [2.24, 2.45) is 7.05 Å². The van der Waals surface area contributed by atoms with Crippen molar-refractivity contribution in [3.05, 3.63) is 30.4 Å². The van der Waals surface area contributed by atoms with Gasteiger partial charge < -0.3 is 10.6 Å². The van der Waals surface area contributed by atoms with E-state index in [1.165, 1.54) is 0 Å². The molecular formula is C13H19N5. The molecule has 0 radical (unpaired) electrons. The molecule has 0 aliphatic heterocycles. The maximum atomic E-state index is 4.30. The van der Waals surface area contributed by atoms with Crippen LogP contribution in [0, 0.1) is 6.92 Å². The highest BCUT2D eigenvalue weighted by Crippen LogP contribution is 2.20. The summed E-state index contributed by atoms with van der Waals surface area (Å²) in [6.45, 7) is 5.08. The first-order valence-corrected chi connectivity index (χ1v) is 6.15. The topological polar surface area (TPSA) is 54.8 Å². The summed E-state index contributed by atoms with van der Waals surface area (Å²) >= 11 is 0. The Kier molecular flexibility index (Phi) is 3.82. The van der Waals surface area contributed by atoms with Gasteiger partial charge in [-0.1, -0.05) is 6.92 Å². The second kappa shape index (κ2) is 5.53. The number of aryl methyl sites for hydroxylation is 2. The van der Waals surface area contributed by atoms with E-state index in [2.05, 4.69) is 33.7 Å². The Morgan fingerprint density at radius 2 is 2.06 bits per heavy atom. The number of nitrogens with one attached hydrogen (secondary N) is 2. The molecule has 2 N–H and O–H groups in total. The van der Waals surface area contributed by atoms with E-state index in [-0.39, 0.29) is 0 Å². The molecule has 5 heteroatoms. The minimum atomic E-state index is 0.955. The first-order valence-electron chi connectivity index (χ1n) is 6.15. The van der Waals surface area contributed by atoms with Crippen LogP contribution in [0.3, 0.4) is 0 Å². The lowest BCUT2D eigenvalue weighted by molar-refractivity contribution is 0.756. The average molecular weight is 245 g/mol. The summed E-state index contributed by atoms with van der Waals surface area (Å²) in [4.78, 5) is 4.22. The molecule has 0 saturated heterocycles. The van der Waals surface area contributed by atoms with Gasteiger partial charge in [0.05, 0.1) is 35.1 Å². The maximum Gasteiger partial charge on any atom is 0.0828 e. The highest BCUT2D eigenvalue weighted by molar-refractivity contribution is 5.63. The smallest absolute Gasteiger partial charge is 0.0828 e. The number of aromatic nitrogens is 3. The first-order chi connectivity index (χ1) is 8.69. The minimum absolute atomic E-state index is 0.955. The SMILES string of the molecule is CCCNc1cncc(Nc2cn(C)nc2C)c1. The van der Waals surface area contributed by atoms with Gasteiger partial charge in [0.15, 0.2) is 0 Å². The fourth-order valence-corrected chi connectivity index (χ4v) is 1.75. The second-order valence-corrected chi connectivity index (χ2v) is 4.32. The van der Waals surface area contributed by atoms with Crippen LogP contribution in [0.25, 0.3) is 0 Å². The number of hydrogen-bond donors (Lipinski definition) is 2. The van der Waals surface area contributed by atoms with Crippen LogP contribution in [0.5, 0.6) is 0 Å². The van der Waals surface area contributed by atoms with Gasteiger partial charge in [0.2, 0.25) is 0 Å². The maximum absolute atomic E-state index is 4.30. The van der Waals surface area contributed by atoms with Crippen molar-refractivity contribution < 1.29 is 0 Å². The molecule has 0 unspecified atom stereocenters. The zero-order valence-corrected chi connectivity index (χ0v) is 11.1. The van der Waals surface area contributed by atoms with Crippen molar-refractivity contribution in [1.29, 1.82) is 0 Å². The minimum Gasteiger partial charge on any atom is -0.384 e. The zero-order valence-electron chi connectivity index (χ0n) is 11.1. The largest absolute Gasteiger partial charge is 0.384 e. The summed E-state index contributed by atoms with van der Waals surface area (Å²) in [5.41, 5.74) is 3.98. The summed E-state index contributed by atoms with van der Waals surface area (Å²) in [5.74, 6) is 0. The molecule has 0 atom stereocenters. The van der Waals surface area contributed by atoms with Gasteiger partial charge in [0.25, 0.3) is 0 Å². The normalized spacial score (nSPS) is 10.4. The predicted molar refractivity (Wildman–Crippen MR) is 74.2 cm³/mol. The first kappa shape index (κ1) is 12.4. The predicted octanol–water partition coefficient (Wildman–Crippen LogP) is 2.69. The molecule has 0 bridgehead atoms. The Morgan fingerprint density at radius 1 is 1.28 bits per heavy atom. The van der Waals surface area contributed by atoms with Gasteiger partial charge in [-0.05, 0) is 19.4 Å². The van der Waals surface area contributed by atoms with Crippen LogP contribution in [0.2, 0.25) is 0 Å². The fraction of sp³-hybridized carbons (Fsp3) is 0.385. The lowest BCUT2D eigenvalue weighted by Crippen LogP contribution is -2.01. The molecule has 2 heterocycles. The van der Waals surface area contributed by atoms with Gasteiger partial charge in [-0.15, -0.1) is 0 Å². The van der Waals surface area contributed by atoms with Crippen molar-refractivity contribution in [1.82, 2.24) is 14.8 Å². The summed E-state index contributed by atoms with van der Waals surface area (Å²) in [6.07, 6.45) is 6.70. The molecule has 2 aromatic heterocycles. The number of anilines is 3. The van der Waals surface area contributed by atoms with Crippen LogP contribution in [0.4, 0.5) is 17.1 Å². The molecule has 2 aromatic rings. The van der Waals surface area contributed by atoms with Gasteiger partial charge in [-0.25, -0.2) is 0 Å². The van der Waals surface area contributed by atoms with Crippen LogP contribution >= 0.6 is 0 Å². The van der Waals surface area contributed by atoms with Gasteiger partial charge in [0.1, 0.15) is 0 Å². The quantitative estimate of drug-likeness (QED) is 0.850. The van der Waals surface area contributed by atoms with Crippen molar-refractivity contribution in [2.75, 3.05) is 17.2 Å². The van der Waals surface area contributed by atoms with E-state index < -0.39 is 0 Å². The van der Waals surface area contributed by atoms with Crippen molar-refractivity contribution in [2.45, 2.75) is 20.3 Å². The van der Waals surface area contributed by atoms with Crippen LogP contribution in [-0.2, 0) is 7.05 Å². The number of rotatable bonds is 5. The molecular weight excluding hydrogens is 226 g/mol. The molecule has 0 amide bonds. The third-order valence-corrected chi connectivity index (χ3v) is 2.61. The van der Waals surface area contributed by atoms with Crippen molar-refractivity contribution >= 4 is 17.1 Å². The summed E-state index contributed by atoms with van der Waals surface area (Å²) in [7, 11) is 1.91. The van der Waals surface area contributed by atoms with Gasteiger partial charge in [0, 0.05) is 19.8 Å². The van der Waals surface area contributed by atoms with E-state index in [0.29, 0.717) is 0 Å². The summed E-state index contributed by atoms with van der Waals surface area (Å²) in [6, 6.07) is 2.05. The van der Waals surface area contributed by atoms with E-state index in [1.54, 1.807) is 4.68 Å².